The van der Waals surface area contributed by atoms with Gasteiger partial charge in [-0.3, -0.25) is 9.59 Å². The van der Waals surface area contributed by atoms with Gasteiger partial charge in [0.1, 0.15) is 5.92 Å². The molecule has 0 radical (unpaired) electrons. The molecule has 0 saturated heterocycles. The molecule has 0 N–H and O–H groups in total. The number of carbonyl (C=O) groups is 2. The first-order valence-corrected chi connectivity index (χ1v) is 5.39. The van der Waals surface area contributed by atoms with E-state index in [1.54, 1.807) is 6.92 Å². The molecule has 0 aliphatic heterocycles. The number of rotatable bonds is 7. The van der Waals surface area contributed by atoms with Crippen LogP contribution in [-0.2, 0) is 14.3 Å². The predicted molar refractivity (Wildman–Crippen MR) is 55.2 cm³/mol. The van der Waals surface area contributed by atoms with Crippen LogP contribution >= 0.6 is 0 Å². The monoisotopic (exact) mass is 218 g/mol. The molecule has 0 aliphatic rings. The molecule has 0 aromatic rings. The molecule has 0 aliphatic carbocycles. The van der Waals surface area contributed by atoms with Crippen molar-refractivity contribution in [2.45, 2.75) is 46.2 Å². The number of hydrogen-bond donors (Lipinski definition) is 0. The molecule has 88 valence electrons. The second-order valence-corrected chi connectivity index (χ2v) is 3.55. The smallest absolute Gasteiger partial charge is 0.316 e. The summed E-state index contributed by atoms with van der Waals surface area (Å²) >= 11 is 0. The Labute approximate surface area is 90.0 Å². The first-order chi connectivity index (χ1) is 7.04. The van der Waals surface area contributed by atoms with Gasteiger partial charge in [-0.15, -0.1) is 0 Å². The van der Waals surface area contributed by atoms with Crippen LogP contribution in [0.15, 0.2) is 0 Å². The quantitative estimate of drug-likeness (QED) is 0.486. The first-order valence-electron chi connectivity index (χ1n) is 5.39. The molecule has 2 unspecified atom stereocenters. The lowest BCUT2D eigenvalue weighted by Gasteiger charge is -2.12. The lowest BCUT2D eigenvalue weighted by molar-refractivity contribution is -0.152. The highest BCUT2D eigenvalue weighted by Crippen LogP contribution is 2.11. The third kappa shape index (κ3) is 4.91. The summed E-state index contributed by atoms with van der Waals surface area (Å²) in [4.78, 5) is 22.6. The van der Waals surface area contributed by atoms with Crippen LogP contribution in [0.3, 0.4) is 0 Å². The number of alkyl halides is 1. The Morgan fingerprint density at radius 3 is 2.33 bits per heavy atom. The molecule has 3 nitrogen and oxygen atoms in total. The molecule has 0 spiro atoms. The average Bonchev–Trinajstić information content (AvgIpc) is 2.24. The molecule has 0 bridgehead atoms. The standard InChI is InChI=1S/C11H19FO3/c1-4-6-9(12)10(13)8(3)11(14)15-7-5-2/h8-9H,4-7H2,1-3H3. The van der Waals surface area contributed by atoms with Crippen molar-refractivity contribution in [2.75, 3.05) is 6.61 Å². The topological polar surface area (TPSA) is 43.4 Å². The lowest BCUT2D eigenvalue weighted by atomic mass is 10.0. The molecular weight excluding hydrogens is 199 g/mol. The molecule has 0 heterocycles. The Balaban J connectivity index is 4.12. The second kappa shape index (κ2) is 7.37. The van der Waals surface area contributed by atoms with Crippen LogP contribution < -0.4 is 0 Å². The van der Waals surface area contributed by atoms with E-state index in [1.165, 1.54) is 6.92 Å². The van der Waals surface area contributed by atoms with Crippen LogP contribution in [0.2, 0.25) is 0 Å². The summed E-state index contributed by atoms with van der Waals surface area (Å²) < 4.78 is 17.9. The van der Waals surface area contributed by atoms with Crippen molar-refractivity contribution in [3.05, 3.63) is 0 Å². The average molecular weight is 218 g/mol. The molecule has 0 fully saturated rings. The van der Waals surface area contributed by atoms with E-state index in [0.29, 0.717) is 12.8 Å². The van der Waals surface area contributed by atoms with E-state index in [9.17, 15) is 14.0 Å². The zero-order chi connectivity index (χ0) is 11.8. The summed E-state index contributed by atoms with van der Waals surface area (Å²) in [5, 5.41) is 0. The van der Waals surface area contributed by atoms with E-state index in [4.69, 9.17) is 4.74 Å². The van der Waals surface area contributed by atoms with Gasteiger partial charge in [-0.05, 0) is 19.8 Å². The van der Waals surface area contributed by atoms with Crippen molar-refractivity contribution in [2.24, 2.45) is 5.92 Å². The Hall–Kier alpha value is -0.930. The molecule has 0 rings (SSSR count). The SMILES string of the molecule is CCCOC(=O)C(C)C(=O)C(F)CCC. The molecule has 15 heavy (non-hydrogen) atoms. The van der Waals surface area contributed by atoms with Crippen molar-refractivity contribution in [3.8, 4) is 0 Å². The van der Waals surface area contributed by atoms with Gasteiger partial charge < -0.3 is 4.74 Å². The Bertz CT molecular complexity index is 216. The maximum absolute atomic E-state index is 13.2. The molecule has 0 aromatic heterocycles. The van der Waals surface area contributed by atoms with Gasteiger partial charge in [0.15, 0.2) is 12.0 Å². The third-order valence-electron chi connectivity index (χ3n) is 2.08. The van der Waals surface area contributed by atoms with Crippen molar-refractivity contribution >= 4 is 11.8 Å². The second-order valence-electron chi connectivity index (χ2n) is 3.55. The molecule has 4 heteroatoms. The highest BCUT2D eigenvalue weighted by molar-refractivity contribution is 6.00. The normalized spacial score (nSPS) is 14.4. The fraction of sp³-hybridized carbons (Fsp3) is 0.818. The summed E-state index contributed by atoms with van der Waals surface area (Å²) in [6.45, 7) is 5.32. The van der Waals surface area contributed by atoms with Crippen LogP contribution in [0, 0.1) is 5.92 Å². The molecular formula is C11H19FO3. The van der Waals surface area contributed by atoms with Gasteiger partial charge in [-0.25, -0.2) is 4.39 Å². The van der Waals surface area contributed by atoms with E-state index in [0.717, 1.165) is 0 Å². The van der Waals surface area contributed by atoms with E-state index >= 15 is 0 Å². The summed E-state index contributed by atoms with van der Waals surface area (Å²) in [6, 6.07) is 0. The minimum absolute atomic E-state index is 0.171. The van der Waals surface area contributed by atoms with Gasteiger partial charge in [-0.2, -0.15) is 0 Å². The van der Waals surface area contributed by atoms with E-state index < -0.39 is 23.8 Å². The fourth-order valence-electron chi connectivity index (χ4n) is 1.11. The van der Waals surface area contributed by atoms with Crippen LogP contribution in [0.25, 0.3) is 0 Å². The molecule has 0 saturated carbocycles. The zero-order valence-electron chi connectivity index (χ0n) is 9.59. The highest BCUT2D eigenvalue weighted by atomic mass is 19.1. The molecule has 2 atom stereocenters. The van der Waals surface area contributed by atoms with E-state index in [1.807, 2.05) is 6.92 Å². The number of esters is 1. The number of carbonyl (C=O) groups excluding carboxylic acids is 2. The van der Waals surface area contributed by atoms with Crippen LogP contribution in [-0.4, -0.2) is 24.5 Å². The zero-order valence-corrected chi connectivity index (χ0v) is 9.59. The van der Waals surface area contributed by atoms with Crippen LogP contribution in [0.4, 0.5) is 4.39 Å². The third-order valence-corrected chi connectivity index (χ3v) is 2.08. The summed E-state index contributed by atoms with van der Waals surface area (Å²) in [5.74, 6) is -2.28. The minimum atomic E-state index is -1.54. The Kier molecular flexibility index (Phi) is 6.92. The first kappa shape index (κ1) is 14.1. The number of ketones is 1. The lowest BCUT2D eigenvalue weighted by Crippen LogP contribution is -2.30. The van der Waals surface area contributed by atoms with Crippen molar-refractivity contribution in [3.63, 3.8) is 0 Å². The maximum Gasteiger partial charge on any atom is 0.316 e. The van der Waals surface area contributed by atoms with Gasteiger partial charge in [0.2, 0.25) is 0 Å². The molecule has 0 amide bonds. The molecule has 0 aromatic carbocycles. The number of Topliss-reactive ketones (excluding diaryl/α,β-unsaturated/α-hetero) is 1. The number of ether oxygens (including phenoxy) is 1. The van der Waals surface area contributed by atoms with Crippen molar-refractivity contribution in [1.29, 1.82) is 0 Å². The van der Waals surface area contributed by atoms with Crippen LogP contribution in [0.5, 0.6) is 0 Å². The number of halogens is 1. The Morgan fingerprint density at radius 2 is 1.87 bits per heavy atom. The van der Waals surface area contributed by atoms with Crippen molar-refractivity contribution < 1.29 is 18.7 Å². The highest BCUT2D eigenvalue weighted by Gasteiger charge is 2.29. The minimum Gasteiger partial charge on any atom is -0.465 e. The maximum atomic E-state index is 13.2. The number of hydrogen-bond acceptors (Lipinski definition) is 3. The van der Waals surface area contributed by atoms with E-state index in [2.05, 4.69) is 0 Å². The van der Waals surface area contributed by atoms with Gasteiger partial charge in [0, 0.05) is 0 Å². The van der Waals surface area contributed by atoms with Crippen molar-refractivity contribution in [1.82, 2.24) is 0 Å². The van der Waals surface area contributed by atoms with Gasteiger partial charge in [0.25, 0.3) is 0 Å². The van der Waals surface area contributed by atoms with E-state index in [-0.39, 0.29) is 13.0 Å². The largest absolute Gasteiger partial charge is 0.465 e. The van der Waals surface area contributed by atoms with Gasteiger partial charge >= 0.3 is 5.97 Å². The Morgan fingerprint density at radius 1 is 1.27 bits per heavy atom. The van der Waals surface area contributed by atoms with Crippen LogP contribution in [0.1, 0.15) is 40.0 Å². The summed E-state index contributed by atoms with van der Waals surface area (Å²) in [5.41, 5.74) is 0. The summed E-state index contributed by atoms with van der Waals surface area (Å²) in [7, 11) is 0. The van der Waals surface area contributed by atoms with Gasteiger partial charge in [-0.1, -0.05) is 20.3 Å². The summed E-state index contributed by atoms with van der Waals surface area (Å²) in [6.07, 6.45) is -0.0895. The fourth-order valence-corrected chi connectivity index (χ4v) is 1.11. The van der Waals surface area contributed by atoms with Gasteiger partial charge in [0.05, 0.1) is 6.61 Å². The predicted octanol–water partition coefficient (Wildman–Crippen LogP) is 2.28.